The molecule has 0 aromatic carbocycles. The summed E-state index contributed by atoms with van der Waals surface area (Å²) in [6.07, 6.45) is 2.43. The minimum Gasteiger partial charge on any atom is -0.384 e. The standard InChI is InChI=1S/C12H17N5/c13-4-1-5-16-6-8-17(9-7-16)11-2-3-12(14)15-10-11/h2-3,10H,1,5-9H2,(H2,14,15). The summed E-state index contributed by atoms with van der Waals surface area (Å²) in [5, 5.41) is 8.55. The fraction of sp³-hybridized carbons (Fsp3) is 0.500. The SMILES string of the molecule is N#CCCN1CCN(c2ccc(N)nc2)CC1. The molecule has 0 saturated carbocycles. The van der Waals surface area contributed by atoms with Crippen LogP contribution in [0.25, 0.3) is 0 Å². The lowest BCUT2D eigenvalue weighted by Crippen LogP contribution is -2.46. The second-order valence-electron chi connectivity index (χ2n) is 4.18. The molecule has 0 bridgehead atoms. The molecule has 0 spiro atoms. The molecule has 1 saturated heterocycles. The lowest BCUT2D eigenvalue weighted by atomic mass is 10.2. The normalized spacial score (nSPS) is 16.8. The van der Waals surface area contributed by atoms with Crippen molar-refractivity contribution >= 4 is 11.5 Å². The molecule has 90 valence electrons. The predicted octanol–water partition coefficient (Wildman–Crippen LogP) is 0.699. The van der Waals surface area contributed by atoms with E-state index in [-0.39, 0.29) is 0 Å². The minimum absolute atomic E-state index is 0.557. The number of nitriles is 1. The maximum absolute atomic E-state index is 8.55. The quantitative estimate of drug-likeness (QED) is 0.829. The lowest BCUT2D eigenvalue weighted by Gasteiger charge is -2.35. The van der Waals surface area contributed by atoms with E-state index in [1.807, 2.05) is 18.3 Å². The highest BCUT2D eigenvalue weighted by Gasteiger charge is 2.16. The summed E-state index contributed by atoms with van der Waals surface area (Å²) in [5.41, 5.74) is 6.69. The Kier molecular flexibility index (Phi) is 3.78. The van der Waals surface area contributed by atoms with Gasteiger partial charge in [-0.2, -0.15) is 5.26 Å². The highest BCUT2D eigenvalue weighted by atomic mass is 15.3. The van der Waals surface area contributed by atoms with Crippen LogP contribution in [0.15, 0.2) is 18.3 Å². The van der Waals surface area contributed by atoms with Gasteiger partial charge < -0.3 is 10.6 Å². The van der Waals surface area contributed by atoms with Crippen LogP contribution in [0.3, 0.4) is 0 Å². The molecule has 1 aromatic rings. The first-order valence-electron chi connectivity index (χ1n) is 5.85. The monoisotopic (exact) mass is 231 g/mol. The van der Waals surface area contributed by atoms with Crippen molar-refractivity contribution in [2.75, 3.05) is 43.4 Å². The van der Waals surface area contributed by atoms with E-state index in [0.717, 1.165) is 38.4 Å². The van der Waals surface area contributed by atoms with E-state index in [2.05, 4.69) is 20.9 Å². The molecule has 2 N–H and O–H groups in total. The molecule has 5 heteroatoms. The van der Waals surface area contributed by atoms with Gasteiger partial charge in [0, 0.05) is 39.1 Å². The van der Waals surface area contributed by atoms with Crippen LogP contribution in [-0.2, 0) is 0 Å². The highest BCUT2D eigenvalue weighted by Crippen LogP contribution is 2.16. The fourth-order valence-electron chi connectivity index (χ4n) is 2.02. The topological polar surface area (TPSA) is 69.2 Å². The molecule has 1 aromatic heterocycles. The van der Waals surface area contributed by atoms with E-state index < -0.39 is 0 Å². The number of nitrogens with two attached hydrogens (primary N) is 1. The van der Waals surface area contributed by atoms with Crippen molar-refractivity contribution in [2.45, 2.75) is 6.42 Å². The van der Waals surface area contributed by atoms with Crippen molar-refractivity contribution in [2.24, 2.45) is 0 Å². The summed E-state index contributed by atoms with van der Waals surface area (Å²) in [6.45, 7) is 4.86. The number of hydrogen-bond acceptors (Lipinski definition) is 5. The average molecular weight is 231 g/mol. The van der Waals surface area contributed by atoms with Crippen LogP contribution in [0.1, 0.15) is 6.42 Å². The summed E-state index contributed by atoms with van der Waals surface area (Å²) < 4.78 is 0. The van der Waals surface area contributed by atoms with Crippen molar-refractivity contribution in [1.82, 2.24) is 9.88 Å². The van der Waals surface area contributed by atoms with Gasteiger partial charge in [0.05, 0.1) is 18.0 Å². The number of anilines is 2. The number of aromatic nitrogens is 1. The van der Waals surface area contributed by atoms with Crippen LogP contribution in [0.4, 0.5) is 11.5 Å². The van der Waals surface area contributed by atoms with Crippen molar-refractivity contribution in [3.05, 3.63) is 18.3 Å². The molecule has 0 amide bonds. The average Bonchev–Trinajstić information content (AvgIpc) is 2.38. The van der Waals surface area contributed by atoms with Gasteiger partial charge in [-0.15, -0.1) is 0 Å². The van der Waals surface area contributed by atoms with Crippen LogP contribution in [0.5, 0.6) is 0 Å². The molecule has 0 atom stereocenters. The maximum atomic E-state index is 8.55. The Hall–Kier alpha value is -1.80. The van der Waals surface area contributed by atoms with Crippen LogP contribution in [0, 0.1) is 11.3 Å². The summed E-state index contributed by atoms with van der Waals surface area (Å²) in [4.78, 5) is 8.73. The zero-order chi connectivity index (χ0) is 12.1. The molecule has 0 radical (unpaired) electrons. The Bertz CT molecular complexity index is 386. The maximum Gasteiger partial charge on any atom is 0.123 e. The van der Waals surface area contributed by atoms with E-state index in [1.165, 1.54) is 0 Å². The Balaban J connectivity index is 1.87. The summed E-state index contributed by atoms with van der Waals surface area (Å²) in [5.74, 6) is 0.557. The van der Waals surface area contributed by atoms with Crippen LogP contribution in [0.2, 0.25) is 0 Å². The summed E-state index contributed by atoms with van der Waals surface area (Å²) in [6, 6.07) is 6.02. The summed E-state index contributed by atoms with van der Waals surface area (Å²) >= 11 is 0. The first-order valence-corrected chi connectivity index (χ1v) is 5.85. The van der Waals surface area contributed by atoms with E-state index in [9.17, 15) is 0 Å². The van der Waals surface area contributed by atoms with Gasteiger partial charge in [0.15, 0.2) is 0 Å². The molecule has 5 nitrogen and oxygen atoms in total. The van der Waals surface area contributed by atoms with E-state index in [0.29, 0.717) is 12.2 Å². The van der Waals surface area contributed by atoms with Crippen molar-refractivity contribution in [3.8, 4) is 6.07 Å². The minimum atomic E-state index is 0.557. The third kappa shape index (κ3) is 3.08. The number of rotatable bonds is 3. The zero-order valence-corrected chi connectivity index (χ0v) is 9.84. The first kappa shape index (κ1) is 11.7. The predicted molar refractivity (Wildman–Crippen MR) is 67.5 cm³/mol. The van der Waals surface area contributed by atoms with Gasteiger partial charge in [0.25, 0.3) is 0 Å². The molecule has 0 unspecified atom stereocenters. The molecule has 2 rings (SSSR count). The number of nitrogen functional groups attached to an aromatic ring is 1. The first-order chi connectivity index (χ1) is 8.29. The highest BCUT2D eigenvalue weighted by molar-refractivity contribution is 5.48. The van der Waals surface area contributed by atoms with E-state index in [4.69, 9.17) is 11.0 Å². The van der Waals surface area contributed by atoms with Crippen molar-refractivity contribution in [3.63, 3.8) is 0 Å². The van der Waals surface area contributed by atoms with Crippen LogP contribution < -0.4 is 10.6 Å². The lowest BCUT2D eigenvalue weighted by molar-refractivity contribution is 0.263. The third-order valence-corrected chi connectivity index (χ3v) is 3.05. The summed E-state index contributed by atoms with van der Waals surface area (Å²) in [7, 11) is 0. The molecule has 17 heavy (non-hydrogen) atoms. The van der Waals surface area contributed by atoms with Crippen molar-refractivity contribution < 1.29 is 0 Å². The Morgan fingerprint density at radius 2 is 2.06 bits per heavy atom. The number of hydrogen-bond donors (Lipinski definition) is 1. The third-order valence-electron chi connectivity index (χ3n) is 3.05. The zero-order valence-electron chi connectivity index (χ0n) is 9.84. The second kappa shape index (κ2) is 5.51. The molecule has 1 aliphatic rings. The fourth-order valence-corrected chi connectivity index (χ4v) is 2.02. The van der Waals surface area contributed by atoms with E-state index >= 15 is 0 Å². The second-order valence-corrected chi connectivity index (χ2v) is 4.18. The van der Waals surface area contributed by atoms with Crippen LogP contribution >= 0.6 is 0 Å². The van der Waals surface area contributed by atoms with Gasteiger partial charge >= 0.3 is 0 Å². The van der Waals surface area contributed by atoms with Gasteiger partial charge in [0.1, 0.15) is 5.82 Å². The Morgan fingerprint density at radius 1 is 1.29 bits per heavy atom. The number of pyridine rings is 1. The molecule has 0 aliphatic carbocycles. The largest absolute Gasteiger partial charge is 0.384 e. The molecular formula is C12H17N5. The van der Waals surface area contributed by atoms with Gasteiger partial charge in [-0.25, -0.2) is 4.98 Å². The van der Waals surface area contributed by atoms with Gasteiger partial charge in [-0.3, -0.25) is 4.90 Å². The Morgan fingerprint density at radius 3 is 2.65 bits per heavy atom. The Labute approximate surface area is 101 Å². The van der Waals surface area contributed by atoms with Gasteiger partial charge in [-0.05, 0) is 12.1 Å². The smallest absolute Gasteiger partial charge is 0.123 e. The number of nitrogens with zero attached hydrogens (tertiary/aromatic N) is 4. The van der Waals surface area contributed by atoms with Crippen LogP contribution in [-0.4, -0.2) is 42.6 Å². The molecule has 1 aliphatic heterocycles. The molecule has 2 heterocycles. The molecule has 1 fully saturated rings. The van der Waals surface area contributed by atoms with Crippen molar-refractivity contribution in [1.29, 1.82) is 5.26 Å². The van der Waals surface area contributed by atoms with Gasteiger partial charge in [-0.1, -0.05) is 0 Å². The molecular weight excluding hydrogens is 214 g/mol. The van der Waals surface area contributed by atoms with E-state index in [1.54, 1.807) is 0 Å². The van der Waals surface area contributed by atoms with Gasteiger partial charge in [0.2, 0.25) is 0 Å². The number of piperazine rings is 1.